The maximum Gasteiger partial charge on any atom is 0.244 e. The molecule has 0 aromatic carbocycles. The van der Waals surface area contributed by atoms with Crippen molar-refractivity contribution in [1.82, 2.24) is 14.5 Å². The lowest BCUT2D eigenvalue weighted by molar-refractivity contribution is 0.173. The van der Waals surface area contributed by atoms with E-state index in [4.69, 9.17) is 10.5 Å². The number of nitrogens with one attached hydrogen (secondary N) is 1. The van der Waals surface area contributed by atoms with E-state index in [1.54, 1.807) is 25.6 Å². The highest BCUT2D eigenvalue weighted by molar-refractivity contribution is 7.89. The molecule has 0 saturated heterocycles. The third-order valence-corrected chi connectivity index (χ3v) is 4.88. The molecule has 8 heteroatoms. The van der Waals surface area contributed by atoms with Gasteiger partial charge in [0, 0.05) is 19.7 Å². The van der Waals surface area contributed by atoms with Gasteiger partial charge in [-0.05, 0) is 20.3 Å². The van der Waals surface area contributed by atoms with Crippen molar-refractivity contribution in [2.24, 2.45) is 5.73 Å². The van der Waals surface area contributed by atoms with Gasteiger partial charge in [0.05, 0.1) is 24.5 Å². The van der Waals surface area contributed by atoms with E-state index in [-0.39, 0.29) is 10.9 Å². The summed E-state index contributed by atoms with van der Waals surface area (Å²) in [5.74, 6) is 0. The molecule has 1 aromatic rings. The number of nitrogens with two attached hydrogens (primary N) is 1. The van der Waals surface area contributed by atoms with Crippen molar-refractivity contribution in [3.63, 3.8) is 0 Å². The third-order valence-electron chi connectivity index (χ3n) is 3.11. The van der Waals surface area contributed by atoms with Crippen LogP contribution in [0.15, 0.2) is 4.90 Å². The molecule has 20 heavy (non-hydrogen) atoms. The van der Waals surface area contributed by atoms with E-state index in [0.29, 0.717) is 37.5 Å². The fourth-order valence-electron chi connectivity index (χ4n) is 2.12. The Morgan fingerprint density at radius 3 is 2.60 bits per heavy atom. The number of hydrogen-bond donors (Lipinski definition) is 2. The molecule has 0 aliphatic rings. The zero-order valence-electron chi connectivity index (χ0n) is 12.5. The number of hydrogen-bond acceptors (Lipinski definition) is 5. The van der Waals surface area contributed by atoms with Gasteiger partial charge in [0.25, 0.3) is 0 Å². The van der Waals surface area contributed by atoms with Crippen molar-refractivity contribution in [2.75, 3.05) is 20.3 Å². The van der Waals surface area contributed by atoms with Crippen LogP contribution in [0.2, 0.25) is 0 Å². The molecule has 0 spiro atoms. The largest absolute Gasteiger partial charge is 0.383 e. The highest BCUT2D eigenvalue weighted by Crippen LogP contribution is 2.19. The molecule has 1 unspecified atom stereocenters. The van der Waals surface area contributed by atoms with Gasteiger partial charge >= 0.3 is 0 Å². The average Bonchev–Trinajstić information content (AvgIpc) is 2.64. The molecule has 1 aromatic heterocycles. The molecule has 0 saturated carbocycles. The summed E-state index contributed by atoms with van der Waals surface area (Å²) in [5, 5.41) is 4.23. The highest BCUT2D eigenvalue weighted by Gasteiger charge is 2.26. The van der Waals surface area contributed by atoms with Crippen LogP contribution in [-0.4, -0.2) is 44.5 Å². The van der Waals surface area contributed by atoms with E-state index in [0.717, 1.165) is 0 Å². The normalized spacial score (nSPS) is 13.7. The van der Waals surface area contributed by atoms with Crippen LogP contribution in [-0.2, 0) is 21.3 Å². The minimum atomic E-state index is -3.61. The standard InChI is InChI=1S/C12H24N4O3S/c1-5-11(8-19-4)15-20(17,18)12-9(2)14-16(7-6-13)10(12)3/h11,15H,5-8,13H2,1-4H3. The van der Waals surface area contributed by atoms with Gasteiger partial charge in [-0.1, -0.05) is 6.92 Å². The minimum absolute atomic E-state index is 0.237. The fourth-order valence-corrected chi connectivity index (χ4v) is 3.84. The van der Waals surface area contributed by atoms with Crippen LogP contribution in [0.25, 0.3) is 0 Å². The molecule has 7 nitrogen and oxygen atoms in total. The van der Waals surface area contributed by atoms with Gasteiger partial charge in [0.15, 0.2) is 0 Å². The predicted molar refractivity (Wildman–Crippen MR) is 77.0 cm³/mol. The summed E-state index contributed by atoms with van der Waals surface area (Å²) in [5.41, 5.74) is 6.58. The summed E-state index contributed by atoms with van der Waals surface area (Å²) in [6, 6.07) is -0.248. The SMILES string of the molecule is CCC(COC)NS(=O)(=O)c1c(C)nn(CCN)c1C. The van der Waals surface area contributed by atoms with Crippen LogP contribution >= 0.6 is 0 Å². The first-order valence-electron chi connectivity index (χ1n) is 6.62. The summed E-state index contributed by atoms with van der Waals surface area (Å²) >= 11 is 0. The first kappa shape index (κ1) is 17.1. The molecule has 0 bridgehead atoms. The molecule has 0 aliphatic carbocycles. The lowest BCUT2D eigenvalue weighted by atomic mass is 10.3. The number of ether oxygens (including phenoxy) is 1. The Kier molecular flexibility index (Phi) is 6.12. The second-order valence-corrected chi connectivity index (χ2v) is 6.34. The van der Waals surface area contributed by atoms with Crippen LogP contribution in [0.5, 0.6) is 0 Å². The van der Waals surface area contributed by atoms with Gasteiger partial charge < -0.3 is 10.5 Å². The van der Waals surface area contributed by atoms with Crippen LogP contribution in [0.4, 0.5) is 0 Å². The maximum atomic E-state index is 12.5. The molecule has 1 heterocycles. The smallest absolute Gasteiger partial charge is 0.244 e. The summed E-state index contributed by atoms with van der Waals surface area (Å²) in [6.07, 6.45) is 0.655. The van der Waals surface area contributed by atoms with Gasteiger partial charge in [0.1, 0.15) is 4.90 Å². The number of methoxy groups -OCH3 is 1. The fraction of sp³-hybridized carbons (Fsp3) is 0.750. The number of rotatable bonds is 8. The Labute approximate surface area is 120 Å². The molecule has 1 atom stereocenters. The molecule has 0 aliphatic heterocycles. The van der Waals surface area contributed by atoms with Gasteiger partial charge in [-0.25, -0.2) is 13.1 Å². The number of sulfonamides is 1. The van der Waals surface area contributed by atoms with Gasteiger partial charge in [-0.3, -0.25) is 4.68 Å². The Morgan fingerprint density at radius 1 is 1.45 bits per heavy atom. The van der Waals surface area contributed by atoms with Crippen molar-refractivity contribution in [2.45, 2.75) is 44.7 Å². The summed E-state index contributed by atoms with van der Waals surface area (Å²) in [7, 11) is -2.06. The van der Waals surface area contributed by atoms with E-state index < -0.39 is 10.0 Å². The molecule has 0 fully saturated rings. The van der Waals surface area contributed by atoms with E-state index >= 15 is 0 Å². The first-order valence-corrected chi connectivity index (χ1v) is 8.11. The lowest BCUT2D eigenvalue weighted by Crippen LogP contribution is -2.37. The Bertz CT molecular complexity index is 539. The predicted octanol–water partition coefficient (Wildman–Crippen LogP) is 0.162. The van der Waals surface area contributed by atoms with Crippen molar-refractivity contribution in [1.29, 1.82) is 0 Å². The number of aryl methyl sites for hydroxylation is 1. The molecule has 3 N–H and O–H groups in total. The molecular formula is C12H24N4O3S. The summed E-state index contributed by atoms with van der Waals surface area (Å²) < 4.78 is 34.3. The Balaban J connectivity index is 3.09. The Hall–Kier alpha value is -0.960. The quantitative estimate of drug-likeness (QED) is 0.713. The summed E-state index contributed by atoms with van der Waals surface area (Å²) in [4.78, 5) is 0.237. The minimum Gasteiger partial charge on any atom is -0.383 e. The Morgan fingerprint density at radius 2 is 2.10 bits per heavy atom. The van der Waals surface area contributed by atoms with Crippen molar-refractivity contribution >= 4 is 10.0 Å². The molecule has 116 valence electrons. The maximum absolute atomic E-state index is 12.5. The third kappa shape index (κ3) is 3.78. The number of aromatic nitrogens is 2. The molecule has 0 radical (unpaired) electrons. The monoisotopic (exact) mass is 304 g/mol. The second kappa shape index (κ2) is 7.16. The van der Waals surface area contributed by atoms with E-state index in [2.05, 4.69) is 9.82 Å². The van der Waals surface area contributed by atoms with Gasteiger partial charge in [-0.2, -0.15) is 5.10 Å². The van der Waals surface area contributed by atoms with Gasteiger partial charge in [0.2, 0.25) is 10.0 Å². The van der Waals surface area contributed by atoms with E-state index in [9.17, 15) is 8.42 Å². The molecule has 1 rings (SSSR count). The van der Waals surface area contributed by atoms with Crippen molar-refractivity contribution in [3.8, 4) is 0 Å². The first-order chi connectivity index (χ1) is 9.37. The lowest BCUT2D eigenvalue weighted by Gasteiger charge is -2.16. The topological polar surface area (TPSA) is 99.2 Å². The number of nitrogens with zero attached hydrogens (tertiary/aromatic N) is 2. The molecule has 0 amide bonds. The zero-order valence-corrected chi connectivity index (χ0v) is 13.3. The van der Waals surface area contributed by atoms with Crippen LogP contribution in [0, 0.1) is 13.8 Å². The van der Waals surface area contributed by atoms with Gasteiger partial charge in [-0.15, -0.1) is 0 Å². The van der Waals surface area contributed by atoms with E-state index in [1.165, 1.54) is 0 Å². The zero-order chi connectivity index (χ0) is 15.3. The molecular weight excluding hydrogens is 280 g/mol. The van der Waals surface area contributed by atoms with Crippen LogP contribution < -0.4 is 10.5 Å². The van der Waals surface area contributed by atoms with Crippen molar-refractivity contribution < 1.29 is 13.2 Å². The van der Waals surface area contributed by atoms with E-state index in [1.807, 2.05) is 6.92 Å². The average molecular weight is 304 g/mol. The highest BCUT2D eigenvalue weighted by atomic mass is 32.2. The van der Waals surface area contributed by atoms with Crippen molar-refractivity contribution in [3.05, 3.63) is 11.4 Å². The second-order valence-electron chi connectivity index (χ2n) is 4.69. The van der Waals surface area contributed by atoms with Crippen LogP contribution in [0.1, 0.15) is 24.7 Å². The summed E-state index contributed by atoms with van der Waals surface area (Å²) in [6.45, 7) is 6.58. The van der Waals surface area contributed by atoms with Crippen LogP contribution in [0.3, 0.4) is 0 Å².